The first kappa shape index (κ1) is 17.3. The molecule has 1 aliphatic rings. The molecule has 6 nitrogen and oxygen atoms in total. The van der Waals surface area contributed by atoms with E-state index in [9.17, 15) is 4.39 Å². The number of nitrogens with zero attached hydrogens (tertiary/aromatic N) is 4. The second-order valence-corrected chi connectivity index (χ2v) is 6.24. The van der Waals surface area contributed by atoms with Crippen LogP contribution in [0.15, 0.2) is 33.8 Å². The highest BCUT2D eigenvalue weighted by Crippen LogP contribution is 2.17. The van der Waals surface area contributed by atoms with Crippen molar-refractivity contribution in [2.24, 2.45) is 10.7 Å². The van der Waals surface area contributed by atoms with E-state index < -0.39 is 0 Å². The van der Waals surface area contributed by atoms with Crippen molar-refractivity contribution < 1.29 is 8.91 Å². The summed E-state index contributed by atoms with van der Waals surface area (Å²) in [7, 11) is 0. The van der Waals surface area contributed by atoms with Gasteiger partial charge in [-0.3, -0.25) is 4.99 Å². The summed E-state index contributed by atoms with van der Waals surface area (Å²) in [5, 5.41) is 3.95. The molecule has 0 aliphatic carbocycles. The molecule has 2 N–H and O–H groups in total. The predicted molar refractivity (Wildman–Crippen MR) is 96.4 cm³/mol. The van der Waals surface area contributed by atoms with E-state index in [1.807, 2.05) is 26.0 Å². The summed E-state index contributed by atoms with van der Waals surface area (Å²) >= 11 is 0. The van der Waals surface area contributed by atoms with E-state index in [1.54, 1.807) is 0 Å². The average molecular weight is 345 g/mol. The SMILES string of the molecule is Cc1noc(C)c1CCN=C(N)N1CCN(c2ccc(F)cc2)CC1. The Morgan fingerprint density at radius 3 is 2.48 bits per heavy atom. The van der Waals surface area contributed by atoms with Crippen molar-refractivity contribution in [1.82, 2.24) is 10.1 Å². The minimum atomic E-state index is -0.211. The molecule has 0 unspecified atom stereocenters. The normalized spacial score (nSPS) is 15.7. The molecule has 1 fully saturated rings. The fraction of sp³-hybridized carbons (Fsp3) is 0.444. The zero-order valence-electron chi connectivity index (χ0n) is 14.7. The van der Waals surface area contributed by atoms with Crippen molar-refractivity contribution in [3.05, 3.63) is 47.1 Å². The third-order valence-corrected chi connectivity index (χ3v) is 4.61. The smallest absolute Gasteiger partial charge is 0.191 e. The van der Waals surface area contributed by atoms with Crippen LogP contribution in [-0.4, -0.2) is 48.7 Å². The van der Waals surface area contributed by atoms with Gasteiger partial charge >= 0.3 is 0 Å². The van der Waals surface area contributed by atoms with E-state index >= 15 is 0 Å². The van der Waals surface area contributed by atoms with Gasteiger partial charge in [-0.05, 0) is 44.5 Å². The zero-order chi connectivity index (χ0) is 17.8. The summed E-state index contributed by atoms with van der Waals surface area (Å²) < 4.78 is 18.2. The molecule has 0 bridgehead atoms. The first-order chi connectivity index (χ1) is 12.0. The lowest BCUT2D eigenvalue weighted by Gasteiger charge is -2.36. The number of guanidine groups is 1. The Kier molecular flexibility index (Phi) is 5.21. The summed E-state index contributed by atoms with van der Waals surface area (Å²) in [5.74, 6) is 1.21. The van der Waals surface area contributed by atoms with Gasteiger partial charge in [0.05, 0.1) is 5.69 Å². The lowest BCUT2D eigenvalue weighted by Crippen LogP contribution is -2.51. The zero-order valence-corrected chi connectivity index (χ0v) is 14.7. The van der Waals surface area contributed by atoms with Gasteiger partial charge in [-0.2, -0.15) is 0 Å². The second-order valence-electron chi connectivity index (χ2n) is 6.24. The number of piperazine rings is 1. The molecule has 0 spiro atoms. The van der Waals surface area contributed by atoms with Crippen LogP contribution < -0.4 is 10.6 Å². The van der Waals surface area contributed by atoms with E-state index in [1.165, 1.54) is 12.1 Å². The Morgan fingerprint density at radius 2 is 1.88 bits per heavy atom. The molecule has 2 heterocycles. The molecule has 1 aliphatic heterocycles. The Hall–Kier alpha value is -2.57. The van der Waals surface area contributed by atoms with Crippen LogP contribution in [-0.2, 0) is 6.42 Å². The summed E-state index contributed by atoms with van der Waals surface area (Å²) in [5.41, 5.74) is 9.20. The minimum absolute atomic E-state index is 0.211. The van der Waals surface area contributed by atoms with Crippen molar-refractivity contribution in [3.8, 4) is 0 Å². The molecule has 1 aromatic heterocycles. The third kappa shape index (κ3) is 4.10. The van der Waals surface area contributed by atoms with E-state index in [0.717, 1.165) is 55.3 Å². The average Bonchev–Trinajstić information content (AvgIpc) is 2.94. The number of halogens is 1. The van der Waals surface area contributed by atoms with Gasteiger partial charge in [0, 0.05) is 44.0 Å². The maximum absolute atomic E-state index is 13.0. The highest BCUT2D eigenvalue weighted by molar-refractivity contribution is 5.78. The van der Waals surface area contributed by atoms with Crippen LogP contribution in [0.2, 0.25) is 0 Å². The Morgan fingerprint density at radius 1 is 1.20 bits per heavy atom. The van der Waals surface area contributed by atoms with Gasteiger partial charge in [-0.1, -0.05) is 5.16 Å². The van der Waals surface area contributed by atoms with Crippen LogP contribution in [0.1, 0.15) is 17.0 Å². The highest BCUT2D eigenvalue weighted by atomic mass is 19.1. The number of hydrogen-bond acceptors (Lipinski definition) is 4. The van der Waals surface area contributed by atoms with E-state index in [0.29, 0.717) is 12.5 Å². The summed E-state index contributed by atoms with van der Waals surface area (Å²) in [4.78, 5) is 8.82. The first-order valence-electron chi connectivity index (χ1n) is 8.51. The minimum Gasteiger partial charge on any atom is -0.370 e. The van der Waals surface area contributed by atoms with Crippen LogP contribution in [0.25, 0.3) is 0 Å². The summed E-state index contributed by atoms with van der Waals surface area (Å²) in [6, 6.07) is 6.61. The van der Waals surface area contributed by atoms with Gasteiger partial charge in [0.1, 0.15) is 11.6 Å². The van der Waals surface area contributed by atoms with Gasteiger partial charge in [0.25, 0.3) is 0 Å². The Labute approximate surface area is 147 Å². The fourth-order valence-electron chi connectivity index (χ4n) is 3.09. The summed E-state index contributed by atoms with van der Waals surface area (Å²) in [6.45, 7) is 7.76. The number of anilines is 1. The summed E-state index contributed by atoms with van der Waals surface area (Å²) in [6.07, 6.45) is 0.775. The number of benzene rings is 1. The number of aliphatic imine (C=N–C) groups is 1. The maximum Gasteiger partial charge on any atom is 0.191 e. The monoisotopic (exact) mass is 345 g/mol. The molecule has 3 rings (SSSR count). The molecule has 0 atom stereocenters. The van der Waals surface area contributed by atoms with E-state index in [-0.39, 0.29) is 5.82 Å². The lowest BCUT2D eigenvalue weighted by molar-refractivity contribution is 0.380. The molecule has 0 amide bonds. The standard InChI is InChI=1S/C18H24FN5O/c1-13-17(14(2)25-22-13)7-8-21-18(20)24-11-9-23(10-12-24)16-5-3-15(19)4-6-16/h3-6H,7-12H2,1-2H3,(H2,20,21). The molecule has 7 heteroatoms. The van der Waals surface area contributed by atoms with Gasteiger partial charge in [0.15, 0.2) is 5.96 Å². The number of rotatable bonds is 4. The molecule has 0 saturated carbocycles. The number of aryl methyl sites for hydroxylation is 2. The molecular formula is C18H24FN5O. The molecule has 25 heavy (non-hydrogen) atoms. The van der Waals surface area contributed by atoms with Crippen LogP contribution in [0, 0.1) is 19.7 Å². The molecule has 2 aromatic rings. The van der Waals surface area contributed by atoms with Gasteiger partial charge in [0.2, 0.25) is 0 Å². The first-order valence-corrected chi connectivity index (χ1v) is 8.51. The second kappa shape index (κ2) is 7.55. The lowest BCUT2D eigenvalue weighted by atomic mass is 10.1. The molecule has 0 radical (unpaired) electrons. The van der Waals surface area contributed by atoms with Crippen molar-refractivity contribution in [1.29, 1.82) is 0 Å². The molecule has 1 aromatic carbocycles. The quantitative estimate of drug-likeness (QED) is 0.679. The third-order valence-electron chi connectivity index (χ3n) is 4.61. The topological polar surface area (TPSA) is 70.9 Å². The Balaban J connectivity index is 1.51. The van der Waals surface area contributed by atoms with E-state index in [4.69, 9.17) is 10.3 Å². The van der Waals surface area contributed by atoms with Gasteiger partial charge in [-0.15, -0.1) is 0 Å². The Bertz CT molecular complexity index is 713. The van der Waals surface area contributed by atoms with Gasteiger partial charge in [-0.25, -0.2) is 4.39 Å². The van der Waals surface area contributed by atoms with Crippen molar-refractivity contribution in [2.75, 3.05) is 37.6 Å². The van der Waals surface area contributed by atoms with Crippen LogP contribution in [0.5, 0.6) is 0 Å². The maximum atomic E-state index is 13.0. The van der Waals surface area contributed by atoms with Crippen molar-refractivity contribution >= 4 is 11.6 Å². The van der Waals surface area contributed by atoms with Crippen molar-refractivity contribution in [2.45, 2.75) is 20.3 Å². The van der Waals surface area contributed by atoms with E-state index in [2.05, 4.69) is 19.9 Å². The largest absolute Gasteiger partial charge is 0.370 e. The molecular weight excluding hydrogens is 321 g/mol. The highest BCUT2D eigenvalue weighted by Gasteiger charge is 2.18. The van der Waals surface area contributed by atoms with Crippen LogP contribution in [0.4, 0.5) is 10.1 Å². The van der Waals surface area contributed by atoms with Crippen LogP contribution >= 0.6 is 0 Å². The van der Waals surface area contributed by atoms with Crippen molar-refractivity contribution in [3.63, 3.8) is 0 Å². The molecule has 134 valence electrons. The number of hydrogen-bond donors (Lipinski definition) is 1. The number of aromatic nitrogens is 1. The predicted octanol–water partition coefficient (Wildman–Crippen LogP) is 2.11. The number of nitrogens with two attached hydrogens (primary N) is 1. The van der Waals surface area contributed by atoms with Gasteiger partial charge < -0.3 is 20.1 Å². The van der Waals surface area contributed by atoms with Crippen LogP contribution in [0.3, 0.4) is 0 Å². The fourth-order valence-corrected chi connectivity index (χ4v) is 3.09. The molecule has 1 saturated heterocycles.